The van der Waals surface area contributed by atoms with Crippen molar-refractivity contribution in [2.75, 3.05) is 13.1 Å². The van der Waals surface area contributed by atoms with Crippen LogP contribution in [0.5, 0.6) is 0 Å². The quantitative estimate of drug-likeness (QED) is 0.855. The molecule has 1 heterocycles. The van der Waals surface area contributed by atoms with Gasteiger partial charge in [-0.25, -0.2) is 0 Å². The Hall–Kier alpha value is -1.35. The minimum Gasteiger partial charge on any atom is -0.352 e. The number of rotatable bonds is 4. The maximum absolute atomic E-state index is 12.1. The summed E-state index contributed by atoms with van der Waals surface area (Å²) < 4.78 is 0. The van der Waals surface area contributed by atoms with Crippen molar-refractivity contribution >= 4 is 5.91 Å². The van der Waals surface area contributed by atoms with E-state index in [9.17, 15) is 4.79 Å². The molecule has 2 rings (SSSR count). The van der Waals surface area contributed by atoms with Crippen molar-refractivity contribution in [3.63, 3.8) is 0 Å². The fourth-order valence-corrected chi connectivity index (χ4v) is 2.62. The third-order valence-electron chi connectivity index (χ3n) is 3.65. The summed E-state index contributed by atoms with van der Waals surface area (Å²) in [7, 11) is 0. The van der Waals surface area contributed by atoms with Gasteiger partial charge in [-0.1, -0.05) is 18.2 Å². The Morgan fingerprint density at radius 3 is 2.72 bits per heavy atom. The highest BCUT2D eigenvalue weighted by Crippen LogP contribution is 2.13. The summed E-state index contributed by atoms with van der Waals surface area (Å²) in [5.74, 6) is 0.0589. The zero-order valence-electron chi connectivity index (χ0n) is 11.3. The Bertz CT molecular complexity index is 402. The highest BCUT2D eigenvalue weighted by Gasteiger charge is 2.15. The zero-order chi connectivity index (χ0) is 13.0. The topological polar surface area (TPSA) is 41.1 Å². The fourth-order valence-electron chi connectivity index (χ4n) is 2.62. The van der Waals surface area contributed by atoms with Gasteiger partial charge in [0.15, 0.2) is 0 Å². The molecule has 0 bridgehead atoms. The van der Waals surface area contributed by atoms with E-state index in [4.69, 9.17) is 0 Å². The molecule has 98 valence electrons. The molecular formula is C15H22N2O. The minimum atomic E-state index is 0.0589. The van der Waals surface area contributed by atoms with E-state index >= 15 is 0 Å². The molecule has 2 N–H and O–H groups in total. The summed E-state index contributed by atoms with van der Waals surface area (Å²) in [6, 6.07) is 6.55. The summed E-state index contributed by atoms with van der Waals surface area (Å²) in [5, 5.41) is 6.47. The van der Waals surface area contributed by atoms with E-state index in [1.54, 1.807) is 0 Å². The first-order valence-electron chi connectivity index (χ1n) is 6.76. The third kappa shape index (κ3) is 3.10. The molecule has 0 aliphatic carbocycles. The molecule has 0 radical (unpaired) electrons. The van der Waals surface area contributed by atoms with Gasteiger partial charge in [0.1, 0.15) is 0 Å². The van der Waals surface area contributed by atoms with E-state index in [0.29, 0.717) is 6.04 Å². The van der Waals surface area contributed by atoms with Gasteiger partial charge in [-0.2, -0.15) is 0 Å². The van der Waals surface area contributed by atoms with E-state index in [1.807, 2.05) is 32.0 Å². The lowest BCUT2D eigenvalue weighted by Crippen LogP contribution is -2.31. The lowest BCUT2D eigenvalue weighted by molar-refractivity contribution is 0.0951. The van der Waals surface area contributed by atoms with Crippen LogP contribution >= 0.6 is 0 Å². The van der Waals surface area contributed by atoms with Gasteiger partial charge >= 0.3 is 0 Å². The van der Waals surface area contributed by atoms with Crippen LogP contribution in [0.4, 0.5) is 0 Å². The Morgan fingerprint density at radius 2 is 2.11 bits per heavy atom. The van der Waals surface area contributed by atoms with Crippen molar-refractivity contribution in [3.05, 3.63) is 34.9 Å². The number of hydrogen-bond donors (Lipinski definition) is 2. The molecule has 1 aliphatic heterocycles. The molecule has 3 heteroatoms. The van der Waals surface area contributed by atoms with Gasteiger partial charge in [0.25, 0.3) is 5.91 Å². The number of carbonyl (C=O) groups is 1. The molecule has 0 aromatic heterocycles. The van der Waals surface area contributed by atoms with Gasteiger partial charge in [0.2, 0.25) is 0 Å². The van der Waals surface area contributed by atoms with Crippen LogP contribution in [0, 0.1) is 13.8 Å². The molecule has 1 saturated heterocycles. The Morgan fingerprint density at radius 1 is 1.39 bits per heavy atom. The lowest BCUT2D eigenvalue weighted by atomic mass is 10.0. The van der Waals surface area contributed by atoms with Crippen LogP contribution in [0.2, 0.25) is 0 Å². The summed E-state index contributed by atoms with van der Waals surface area (Å²) in [6.07, 6.45) is 3.52. The molecule has 0 saturated carbocycles. The molecule has 0 unspecified atom stereocenters. The van der Waals surface area contributed by atoms with Crippen molar-refractivity contribution in [1.29, 1.82) is 0 Å². The van der Waals surface area contributed by atoms with Crippen LogP contribution in [-0.4, -0.2) is 25.0 Å². The number of benzene rings is 1. The van der Waals surface area contributed by atoms with Crippen molar-refractivity contribution in [1.82, 2.24) is 10.6 Å². The molecule has 3 nitrogen and oxygen atoms in total. The average molecular weight is 246 g/mol. The van der Waals surface area contributed by atoms with E-state index in [1.165, 1.54) is 12.8 Å². The summed E-state index contributed by atoms with van der Waals surface area (Å²) in [6.45, 7) is 5.85. The predicted molar refractivity (Wildman–Crippen MR) is 73.9 cm³/mol. The van der Waals surface area contributed by atoms with Gasteiger partial charge in [-0.3, -0.25) is 4.79 Å². The van der Waals surface area contributed by atoms with Gasteiger partial charge in [0, 0.05) is 18.2 Å². The summed E-state index contributed by atoms with van der Waals surface area (Å²) in [4.78, 5) is 12.1. The molecule has 1 aliphatic rings. The Balaban J connectivity index is 1.87. The van der Waals surface area contributed by atoms with Crippen LogP contribution in [0.3, 0.4) is 0 Å². The van der Waals surface area contributed by atoms with E-state index in [-0.39, 0.29) is 5.91 Å². The second-order valence-electron chi connectivity index (χ2n) is 5.10. The largest absolute Gasteiger partial charge is 0.352 e. The number of hydrogen-bond acceptors (Lipinski definition) is 2. The second kappa shape index (κ2) is 6.01. The number of aryl methyl sites for hydroxylation is 2. The molecular weight excluding hydrogens is 224 g/mol. The van der Waals surface area contributed by atoms with Crippen molar-refractivity contribution in [2.24, 2.45) is 0 Å². The molecule has 1 amide bonds. The molecule has 0 spiro atoms. The van der Waals surface area contributed by atoms with Crippen LogP contribution < -0.4 is 10.6 Å². The van der Waals surface area contributed by atoms with Gasteiger partial charge in [0.05, 0.1) is 0 Å². The predicted octanol–water partition coefficient (Wildman–Crippen LogP) is 2.18. The first kappa shape index (κ1) is 13.1. The molecule has 1 aromatic carbocycles. The Kier molecular flexibility index (Phi) is 4.37. The van der Waals surface area contributed by atoms with E-state index < -0.39 is 0 Å². The van der Waals surface area contributed by atoms with Gasteiger partial charge in [-0.15, -0.1) is 0 Å². The van der Waals surface area contributed by atoms with Gasteiger partial charge in [-0.05, 0) is 50.8 Å². The Labute approximate surface area is 109 Å². The maximum Gasteiger partial charge on any atom is 0.251 e. The summed E-state index contributed by atoms with van der Waals surface area (Å²) in [5.41, 5.74) is 2.93. The highest BCUT2D eigenvalue weighted by atomic mass is 16.1. The lowest BCUT2D eigenvalue weighted by Gasteiger charge is -2.13. The molecule has 1 aromatic rings. The van der Waals surface area contributed by atoms with Crippen LogP contribution in [-0.2, 0) is 0 Å². The number of nitrogens with one attached hydrogen (secondary N) is 2. The number of carbonyl (C=O) groups excluding carboxylic acids is 1. The van der Waals surface area contributed by atoms with E-state index in [2.05, 4.69) is 10.6 Å². The SMILES string of the molecule is Cc1cccc(C)c1C(=O)NCC[C@@H]1CCCN1. The standard InChI is InChI=1S/C15H22N2O/c1-11-5-3-6-12(2)14(11)15(18)17-10-8-13-7-4-9-16-13/h3,5-6,13,16H,4,7-10H2,1-2H3,(H,17,18)/t13-/m0/s1. The monoisotopic (exact) mass is 246 g/mol. The molecule has 1 atom stereocenters. The fraction of sp³-hybridized carbons (Fsp3) is 0.533. The second-order valence-corrected chi connectivity index (χ2v) is 5.10. The number of amides is 1. The molecule has 18 heavy (non-hydrogen) atoms. The highest BCUT2D eigenvalue weighted by molar-refractivity contribution is 5.97. The summed E-state index contributed by atoms with van der Waals surface area (Å²) >= 11 is 0. The smallest absolute Gasteiger partial charge is 0.251 e. The maximum atomic E-state index is 12.1. The van der Waals surface area contributed by atoms with Crippen molar-refractivity contribution in [3.8, 4) is 0 Å². The molecule has 1 fully saturated rings. The van der Waals surface area contributed by atoms with Gasteiger partial charge < -0.3 is 10.6 Å². The van der Waals surface area contributed by atoms with Crippen LogP contribution in [0.15, 0.2) is 18.2 Å². The van der Waals surface area contributed by atoms with Crippen molar-refractivity contribution in [2.45, 2.75) is 39.2 Å². The normalized spacial score (nSPS) is 18.9. The van der Waals surface area contributed by atoms with Crippen LogP contribution in [0.25, 0.3) is 0 Å². The minimum absolute atomic E-state index is 0.0589. The van der Waals surface area contributed by atoms with Crippen LogP contribution in [0.1, 0.15) is 40.7 Å². The average Bonchev–Trinajstić information content (AvgIpc) is 2.82. The first-order valence-corrected chi connectivity index (χ1v) is 6.76. The van der Waals surface area contributed by atoms with E-state index in [0.717, 1.165) is 36.2 Å². The first-order chi connectivity index (χ1) is 8.68. The third-order valence-corrected chi connectivity index (χ3v) is 3.65. The zero-order valence-corrected chi connectivity index (χ0v) is 11.3. The van der Waals surface area contributed by atoms with Crippen molar-refractivity contribution < 1.29 is 4.79 Å².